The number of hydrazone groups is 1. The molecule has 4 aromatic rings. The number of hydrogen-bond acceptors (Lipinski definition) is 4. The molecule has 180 valence electrons. The van der Waals surface area contributed by atoms with Crippen LogP contribution in [0, 0.1) is 0 Å². The van der Waals surface area contributed by atoms with Crippen LogP contribution in [-0.4, -0.2) is 23.6 Å². The second-order valence-corrected chi connectivity index (χ2v) is 9.92. The van der Waals surface area contributed by atoms with Gasteiger partial charge in [0, 0.05) is 24.5 Å². The summed E-state index contributed by atoms with van der Waals surface area (Å²) in [4.78, 5) is 15.7. The summed E-state index contributed by atoms with van der Waals surface area (Å²) in [5.74, 6) is 0.707. The van der Waals surface area contributed by atoms with Crippen molar-refractivity contribution in [2.75, 3.05) is 12.1 Å². The minimum Gasteiger partial charge on any atom is -0.497 e. The maximum atomic E-state index is 13.8. The summed E-state index contributed by atoms with van der Waals surface area (Å²) in [6.07, 6.45) is 0.465. The van der Waals surface area contributed by atoms with E-state index >= 15 is 0 Å². The first-order chi connectivity index (χ1) is 17.5. The summed E-state index contributed by atoms with van der Waals surface area (Å²) in [6, 6.07) is 25.5. The summed E-state index contributed by atoms with van der Waals surface area (Å²) in [6.45, 7) is 1.11. The first kappa shape index (κ1) is 22.9. The first-order valence-electron chi connectivity index (χ1n) is 11.8. The van der Waals surface area contributed by atoms with Crippen molar-refractivity contribution in [1.82, 2.24) is 4.90 Å². The molecule has 0 aromatic heterocycles. The van der Waals surface area contributed by atoms with Gasteiger partial charge in [-0.05, 0) is 57.8 Å². The van der Waals surface area contributed by atoms with Gasteiger partial charge in [-0.25, -0.2) is 0 Å². The Kier molecular flexibility index (Phi) is 5.82. The molecule has 0 fully saturated rings. The van der Waals surface area contributed by atoms with Gasteiger partial charge in [0.2, 0.25) is 0 Å². The average molecular weight is 516 g/mol. The van der Waals surface area contributed by atoms with Gasteiger partial charge in [0.25, 0.3) is 5.91 Å². The Bertz CT molecular complexity index is 1480. The zero-order valence-corrected chi connectivity index (χ0v) is 21.1. The smallest absolute Gasteiger partial charge is 0.270 e. The summed E-state index contributed by atoms with van der Waals surface area (Å²) in [5.41, 5.74) is 4.55. The van der Waals surface area contributed by atoms with Crippen LogP contribution in [0.1, 0.15) is 29.2 Å². The van der Waals surface area contributed by atoms with Crippen LogP contribution < -0.4 is 9.75 Å². The molecule has 0 saturated carbocycles. The van der Waals surface area contributed by atoms with Gasteiger partial charge in [-0.15, -0.1) is 0 Å². The van der Waals surface area contributed by atoms with Gasteiger partial charge in [-0.1, -0.05) is 71.7 Å². The van der Waals surface area contributed by atoms with Crippen molar-refractivity contribution in [1.29, 1.82) is 0 Å². The van der Waals surface area contributed by atoms with E-state index in [-0.39, 0.29) is 11.9 Å². The fourth-order valence-electron chi connectivity index (χ4n) is 5.17. The highest BCUT2D eigenvalue weighted by Crippen LogP contribution is 2.40. The SMILES string of the molecule is COc1ccc(C2CC(C(=O)N3Cc4cccc5cccc(c45)C3)=NN2c2ccc(Cl)cc2Cl)cc1. The van der Waals surface area contributed by atoms with Gasteiger partial charge in [0.05, 0.1) is 23.9 Å². The lowest BCUT2D eigenvalue weighted by Gasteiger charge is -2.29. The van der Waals surface area contributed by atoms with Crippen molar-refractivity contribution in [3.63, 3.8) is 0 Å². The lowest BCUT2D eigenvalue weighted by atomic mass is 9.94. The molecule has 1 amide bonds. The van der Waals surface area contributed by atoms with Gasteiger partial charge >= 0.3 is 0 Å². The van der Waals surface area contributed by atoms with Gasteiger partial charge < -0.3 is 9.64 Å². The Morgan fingerprint density at radius 1 is 0.944 bits per heavy atom. The van der Waals surface area contributed by atoms with E-state index in [1.165, 1.54) is 10.8 Å². The van der Waals surface area contributed by atoms with E-state index in [4.69, 9.17) is 33.0 Å². The molecule has 36 heavy (non-hydrogen) atoms. The number of halogens is 2. The number of methoxy groups -OCH3 is 1. The van der Waals surface area contributed by atoms with Crippen molar-refractivity contribution < 1.29 is 9.53 Å². The number of amides is 1. The molecule has 0 radical (unpaired) electrons. The van der Waals surface area contributed by atoms with E-state index in [1.54, 1.807) is 19.2 Å². The average Bonchev–Trinajstić information content (AvgIpc) is 3.33. The van der Waals surface area contributed by atoms with Crippen LogP contribution >= 0.6 is 23.2 Å². The van der Waals surface area contributed by atoms with Crippen LogP contribution in [0.4, 0.5) is 5.69 Å². The third-order valence-electron chi connectivity index (χ3n) is 6.90. The fourth-order valence-corrected chi connectivity index (χ4v) is 5.67. The third-order valence-corrected chi connectivity index (χ3v) is 7.44. The predicted octanol–water partition coefficient (Wildman–Crippen LogP) is 7.01. The van der Waals surface area contributed by atoms with Crippen LogP contribution in [-0.2, 0) is 17.9 Å². The Labute approximate surface area is 219 Å². The largest absolute Gasteiger partial charge is 0.497 e. The molecule has 5 nitrogen and oxygen atoms in total. The molecular formula is C29H23Cl2N3O2. The number of benzene rings is 4. The highest BCUT2D eigenvalue weighted by Gasteiger charge is 2.36. The normalized spacial score (nSPS) is 16.9. The maximum absolute atomic E-state index is 13.8. The van der Waals surface area contributed by atoms with Crippen LogP contribution in [0.15, 0.2) is 84.0 Å². The molecule has 0 spiro atoms. The quantitative estimate of drug-likeness (QED) is 0.293. The van der Waals surface area contributed by atoms with E-state index in [0.717, 1.165) is 22.4 Å². The molecule has 7 heteroatoms. The first-order valence-corrected chi connectivity index (χ1v) is 12.5. The third kappa shape index (κ3) is 3.98. The maximum Gasteiger partial charge on any atom is 0.270 e. The minimum absolute atomic E-state index is 0.0624. The predicted molar refractivity (Wildman–Crippen MR) is 145 cm³/mol. The molecule has 6 rings (SSSR count). The van der Waals surface area contributed by atoms with E-state index in [9.17, 15) is 4.79 Å². The molecular weight excluding hydrogens is 493 g/mol. The standard InChI is InChI=1S/C29H23Cl2N3O2/c1-36-23-11-8-18(9-12-23)27-15-25(32-34(27)26-13-10-22(30)14-24(26)31)29(35)33-16-20-6-2-4-19-5-3-7-21(17-33)28(19)20/h2-14,27H,15-17H2,1H3. The fraction of sp³-hybridized carbons (Fsp3) is 0.172. The molecule has 0 saturated heterocycles. The molecule has 4 aromatic carbocycles. The second kappa shape index (κ2) is 9.16. The van der Waals surface area contributed by atoms with Crippen molar-refractivity contribution in [3.8, 4) is 5.75 Å². The molecule has 0 N–H and O–H groups in total. The zero-order chi connectivity index (χ0) is 24.8. The van der Waals surface area contributed by atoms with E-state index in [1.807, 2.05) is 52.4 Å². The topological polar surface area (TPSA) is 45.1 Å². The number of carbonyl (C=O) groups excluding carboxylic acids is 1. The molecule has 1 unspecified atom stereocenters. The summed E-state index contributed by atoms with van der Waals surface area (Å²) >= 11 is 12.7. The Morgan fingerprint density at radius 2 is 1.64 bits per heavy atom. The van der Waals surface area contributed by atoms with Gasteiger partial charge in [0.15, 0.2) is 0 Å². The Morgan fingerprint density at radius 3 is 2.28 bits per heavy atom. The molecule has 2 aliphatic rings. The van der Waals surface area contributed by atoms with Crippen LogP contribution in [0.5, 0.6) is 5.75 Å². The minimum atomic E-state index is -0.186. The highest BCUT2D eigenvalue weighted by molar-refractivity contribution is 6.40. The van der Waals surface area contributed by atoms with E-state index in [0.29, 0.717) is 41.0 Å². The van der Waals surface area contributed by atoms with Crippen LogP contribution in [0.2, 0.25) is 10.0 Å². The monoisotopic (exact) mass is 515 g/mol. The van der Waals surface area contributed by atoms with Crippen LogP contribution in [0.25, 0.3) is 10.8 Å². The number of nitrogens with zero attached hydrogens (tertiary/aromatic N) is 3. The lowest BCUT2D eigenvalue weighted by Crippen LogP contribution is -2.37. The highest BCUT2D eigenvalue weighted by atomic mass is 35.5. The summed E-state index contributed by atoms with van der Waals surface area (Å²) in [5, 5.41) is 10.2. The number of ether oxygens (including phenoxy) is 1. The molecule has 1 atom stereocenters. The number of carbonyl (C=O) groups is 1. The van der Waals surface area contributed by atoms with Gasteiger partial charge in [-0.2, -0.15) is 5.10 Å². The molecule has 0 aliphatic carbocycles. The van der Waals surface area contributed by atoms with Gasteiger partial charge in [-0.3, -0.25) is 9.80 Å². The van der Waals surface area contributed by atoms with Crippen molar-refractivity contribution in [3.05, 3.63) is 106 Å². The van der Waals surface area contributed by atoms with Crippen LogP contribution in [0.3, 0.4) is 0 Å². The zero-order valence-electron chi connectivity index (χ0n) is 19.6. The molecule has 0 bridgehead atoms. The molecule has 2 heterocycles. The Hall–Kier alpha value is -3.54. The molecule has 2 aliphatic heterocycles. The van der Waals surface area contributed by atoms with E-state index in [2.05, 4.69) is 24.3 Å². The second-order valence-electron chi connectivity index (χ2n) is 9.07. The Balaban J connectivity index is 1.35. The van der Waals surface area contributed by atoms with Crippen molar-refractivity contribution in [2.45, 2.75) is 25.6 Å². The van der Waals surface area contributed by atoms with Crippen molar-refractivity contribution in [2.24, 2.45) is 5.10 Å². The number of rotatable bonds is 4. The van der Waals surface area contributed by atoms with Crippen molar-refractivity contribution >= 4 is 51.3 Å². The summed E-state index contributed by atoms with van der Waals surface area (Å²) in [7, 11) is 1.64. The number of anilines is 1. The summed E-state index contributed by atoms with van der Waals surface area (Å²) < 4.78 is 5.33. The van der Waals surface area contributed by atoms with Gasteiger partial charge in [0.1, 0.15) is 11.5 Å². The van der Waals surface area contributed by atoms with E-state index < -0.39 is 0 Å². The lowest BCUT2D eigenvalue weighted by molar-refractivity contribution is -0.125. The number of hydrogen-bond donors (Lipinski definition) is 0.